The topological polar surface area (TPSA) is 87.7 Å². The molecule has 6 heteroatoms. The molecule has 2 aliphatic carbocycles. The van der Waals surface area contributed by atoms with Crippen LogP contribution in [0.25, 0.3) is 0 Å². The van der Waals surface area contributed by atoms with E-state index in [1.165, 1.54) is 0 Å². The van der Waals surface area contributed by atoms with E-state index in [0.717, 1.165) is 44.9 Å². The average Bonchev–Trinajstić information content (AvgIpc) is 2.43. The van der Waals surface area contributed by atoms with Crippen LogP contribution in [-0.2, 0) is 9.53 Å². The second kappa shape index (κ2) is 7.64. The van der Waals surface area contributed by atoms with E-state index >= 15 is 0 Å². The van der Waals surface area contributed by atoms with Gasteiger partial charge in [0.1, 0.15) is 6.04 Å². The Morgan fingerprint density at radius 2 is 1.90 bits per heavy atom. The fraction of sp³-hybridized carbons (Fsp3) is 0.867. The number of hydrogen-bond donors (Lipinski definition) is 3. The van der Waals surface area contributed by atoms with E-state index in [4.69, 9.17) is 4.74 Å². The predicted octanol–water partition coefficient (Wildman–Crippen LogP) is 1.89. The van der Waals surface area contributed by atoms with Crippen molar-refractivity contribution in [3.63, 3.8) is 0 Å². The molecule has 2 amide bonds. The third-order valence-corrected chi connectivity index (χ3v) is 4.51. The SMILES string of the molecule is CCOC1CC(NC(=O)NC(C(=O)O)C2CCCCC2)C1. The summed E-state index contributed by atoms with van der Waals surface area (Å²) in [5.74, 6) is -0.877. The Balaban J connectivity index is 1.75. The minimum absolute atomic E-state index is 0.0552. The van der Waals surface area contributed by atoms with E-state index in [1.54, 1.807) is 0 Å². The minimum Gasteiger partial charge on any atom is -0.480 e. The Kier molecular flexibility index (Phi) is 5.85. The van der Waals surface area contributed by atoms with Crippen molar-refractivity contribution in [3.05, 3.63) is 0 Å². The van der Waals surface area contributed by atoms with Crippen LogP contribution in [0.5, 0.6) is 0 Å². The molecular formula is C15H26N2O4. The highest BCUT2D eigenvalue weighted by Gasteiger charge is 2.34. The molecule has 1 unspecified atom stereocenters. The van der Waals surface area contributed by atoms with Crippen LogP contribution >= 0.6 is 0 Å². The van der Waals surface area contributed by atoms with Gasteiger partial charge in [-0.3, -0.25) is 0 Å². The zero-order valence-electron chi connectivity index (χ0n) is 12.6. The molecule has 1 atom stereocenters. The molecule has 120 valence electrons. The molecule has 0 radical (unpaired) electrons. The zero-order chi connectivity index (χ0) is 15.2. The molecule has 0 aromatic rings. The smallest absolute Gasteiger partial charge is 0.326 e. The highest BCUT2D eigenvalue weighted by molar-refractivity contribution is 5.83. The highest BCUT2D eigenvalue weighted by atomic mass is 16.5. The Hall–Kier alpha value is -1.30. The van der Waals surface area contributed by atoms with E-state index < -0.39 is 12.0 Å². The fourth-order valence-corrected chi connectivity index (χ4v) is 3.27. The second-order valence-electron chi connectivity index (χ2n) is 6.08. The van der Waals surface area contributed by atoms with Gasteiger partial charge in [-0.05, 0) is 38.5 Å². The molecule has 6 nitrogen and oxygen atoms in total. The first-order chi connectivity index (χ1) is 10.1. The van der Waals surface area contributed by atoms with Gasteiger partial charge in [-0.1, -0.05) is 19.3 Å². The molecular weight excluding hydrogens is 272 g/mol. The summed E-state index contributed by atoms with van der Waals surface area (Å²) in [6.45, 7) is 2.64. The van der Waals surface area contributed by atoms with E-state index in [1.807, 2.05) is 6.92 Å². The quantitative estimate of drug-likeness (QED) is 0.698. The Morgan fingerprint density at radius 3 is 2.48 bits per heavy atom. The maximum atomic E-state index is 11.9. The number of hydrogen-bond acceptors (Lipinski definition) is 3. The number of urea groups is 1. The van der Waals surface area contributed by atoms with Gasteiger partial charge >= 0.3 is 12.0 Å². The third-order valence-electron chi connectivity index (χ3n) is 4.51. The first kappa shape index (κ1) is 16.1. The van der Waals surface area contributed by atoms with Gasteiger partial charge in [0.2, 0.25) is 0 Å². The van der Waals surface area contributed by atoms with Gasteiger partial charge in [-0.25, -0.2) is 9.59 Å². The summed E-state index contributed by atoms with van der Waals surface area (Å²) in [7, 11) is 0. The average molecular weight is 298 g/mol. The van der Waals surface area contributed by atoms with Gasteiger partial charge in [-0.15, -0.1) is 0 Å². The van der Waals surface area contributed by atoms with Crippen LogP contribution in [0.15, 0.2) is 0 Å². The fourth-order valence-electron chi connectivity index (χ4n) is 3.27. The standard InChI is InChI=1S/C15H26N2O4/c1-2-21-12-8-11(9-12)16-15(20)17-13(14(18)19)10-6-4-3-5-7-10/h10-13H,2-9H2,1H3,(H,18,19)(H2,16,17,20). The van der Waals surface area contributed by atoms with Crippen molar-refractivity contribution < 1.29 is 19.4 Å². The van der Waals surface area contributed by atoms with Gasteiger partial charge in [0.05, 0.1) is 6.10 Å². The summed E-state index contributed by atoms with van der Waals surface area (Å²) in [5.41, 5.74) is 0. The van der Waals surface area contributed by atoms with Gasteiger partial charge in [-0.2, -0.15) is 0 Å². The molecule has 0 aliphatic heterocycles. The monoisotopic (exact) mass is 298 g/mol. The normalized spacial score (nSPS) is 27.5. The Bertz CT molecular complexity index is 363. The largest absolute Gasteiger partial charge is 0.480 e. The van der Waals surface area contributed by atoms with Crippen molar-refractivity contribution in [3.8, 4) is 0 Å². The predicted molar refractivity (Wildman–Crippen MR) is 78.1 cm³/mol. The summed E-state index contributed by atoms with van der Waals surface area (Å²) in [6.07, 6.45) is 6.88. The highest BCUT2D eigenvalue weighted by Crippen LogP contribution is 2.27. The molecule has 2 saturated carbocycles. The number of amides is 2. The number of carboxylic acid groups (broad SMARTS) is 1. The lowest BCUT2D eigenvalue weighted by Crippen LogP contribution is -2.55. The maximum absolute atomic E-state index is 11.9. The van der Waals surface area contributed by atoms with E-state index in [-0.39, 0.29) is 24.1 Å². The molecule has 2 rings (SSSR count). The Labute approximate surface area is 125 Å². The van der Waals surface area contributed by atoms with Crippen LogP contribution in [0.1, 0.15) is 51.9 Å². The minimum atomic E-state index is -0.933. The molecule has 0 spiro atoms. The number of carbonyl (C=O) groups is 2. The molecule has 0 heterocycles. The van der Waals surface area contributed by atoms with E-state index in [2.05, 4.69) is 10.6 Å². The molecule has 0 aromatic heterocycles. The van der Waals surface area contributed by atoms with Crippen molar-refractivity contribution in [1.82, 2.24) is 10.6 Å². The number of carbonyl (C=O) groups excluding carboxylic acids is 1. The van der Waals surface area contributed by atoms with Gasteiger partial charge in [0, 0.05) is 12.6 Å². The van der Waals surface area contributed by atoms with E-state index in [9.17, 15) is 14.7 Å². The van der Waals surface area contributed by atoms with Crippen LogP contribution in [-0.4, -0.2) is 41.9 Å². The molecule has 21 heavy (non-hydrogen) atoms. The number of carboxylic acids is 1. The third kappa shape index (κ3) is 4.59. The summed E-state index contributed by atoms with van der Waals surface area (Å²) in [4.78, 5) is 23.3. The van der Waals surface area contributed by atoms with Gasteiger partial charge in [0.25, 0.3) is 0 Å². The zero-order valence-corrected chi connectivity index (χ0v) is 12.6. The van der Waals surface area contributed by atoms with Crippen LogP contribution in [0.4, 0.5) is 4.79 Å². The molecule has 0 saturated heterocycles. The van der Waals surface area contributed by atoms with Crippen molar-refractivity contribution in [2.45, 2.75) is 70.1 Å². The molecule has 0 aromatic carbocycles. The number of nitrogens with one attached hydrogen (secondary N) is 2. The molecule has 0 bridgehead atoms. The summed E-state index contributed by atoms with van der Waals surface area (Å²) >= 11 is 0. The molecule has 2 fully saturated rings. The lowest BCUT2D eigenvalue weighted by atomic mass is 9.84. The first-order valence-corrected chi connectivity index (χ1v) is 8.01. The lowest BCUT2D eigenvalue weighted by Gasteiger charge is -2.36. The summed E-state index contributed by atoms with van der Waals surface area (Å²) < 4.78 is 5.44. The van der Waals surface area contributed by atoms with Crippen LogP contribution in [0.2, 0.25) is 0 Å². The lowest BCUT2D eigenvalue weighted by molar-refractivity contribution is -0.141. The number of rotatable bonds is 6. The van der Waals surface area contributed by atoms with Gasteiger partial charge in [0.15, 0.2) is 0 Å². The van der Waals surface area contributed by atoms with E-state index in [0.29, 0.717) is 6.61 Å². The van der Waals surface area contributed by atoms with Crippen molar-refractivity contribution >= 4 is 12.0 Å². The van der Waals surface area contributed by atoms with Crippen LogP contribution in [0, 0.1) is 5.92 Å². The van der Waals surface area contributed by atoms with Crippen molar-refractivity contribution in [2.75, 3.05) is 6.61 Å². The second-order valence-corrected chi connectivity index (χ2v) is 6.08. The first-order valence-electron chi connectivity index (χ1n) is 8.01. The maximum Gasteiger partial charge on any atom is 0.326 e. The van der Waals surface area contributed by atoms with Crippen molar-refractivity contribution in [1.29, 1.82) is 0 Å². The van der Waals surface area contributed by atoms with Crippen LogP contribution < -0.4 is 10.6 Å². The summed E-state index contributed by atoms with van der Waals surface area (Å²) in [6, 6.07) is -1.04. The molecule has 2 aliphatic rings. The van der Waals surface area contributed by atoms with Crippen LogP contribution in [0.3, 0.4) is 0 Å². The number of ether oxygens (including phenoxy) is 1. The summed E-state index contributed by atoms with van der Waals surface area (Å²) in [5, 5.41) is 14.8. The van der Waals surface area contributed by atoms with Crippen molar-refractivity contribution in [2.24, 2.45) is 5.92 Å². The van der Waals surface area contributed by atoms with Gasteiger partial charge < -0.3 is 20.5 Å². The Morgan fingerprint density at radius 1 is 1.24 bits per heavy atom. The molecule has 3 N–H and O–H groups in total. The number of aliphatic carboxylic acids is 1.